The summed E-state index contributed by atoms with van der Waals surface area (Å²) in [6, 6.07) is 14.4. The lowest BCUT2D eigenvalue weighted by molar-refractivity contribution is 0.467. The third kappa shape index (κ3) is 3.08. The van der Waals surface area contributed by atoms with Crippen molar-refractivity contribution < 1.29 is 5.11 Å². The molecule has 0 spiro atoms. The van der Waals surface area contributed by atoms with Gasteiger partial charge in [0, 0.05) is 17.8 Å². The van der Waals surface area contributed by atoms with Crippen molar-refractivity contribution in [3.63, 3.8) is 0 Å². The third-order valence-corrected chi connectivity index (χ3v) is 3.60. The zero-order valence-corrected chi connectivity index (χ0v) is 11.8. The molecule has 0 saturated heterocycles. The Kier molecular flexibility index (Phi) is 4.10. The standard InChI is InChI=1S/C17H21NO/c1-12-9-10-16(14(3)17(12)19)18-11-13(2)15-7-5-4-6-8-15/h4-10,13,18-19H,11H2,1-3H3. The molecule has 2 rings (SSSR count). The molecule has 1 atom stereocenters. The lowest BCUT2D eigenvalue weighted by Crippen LogP contribution is -2.10. The summed E-state index contributed by atoms with van der Waals surface area (Å²) >= 11 is 0. The molecule has 19 heavy (non-hydrogen) atoms. The van der Waals surface area contributed by atoms with Gasteiger partial charge < -0.3 is 10.4 Å². The van der Waals surface area contributed by atoms with E-state index in [1.54, 1.807) is 0 Å². The number of nitrogens with one attached hydrogen (secondary N) is 1. The maximum absolute atomic E-state index is 9.93. The smallest absolute Gasteiger partial charge is 0.123 e. The van der Waals surface area contributed by atoms with Gasteiger partial charge in [0.2, 0.25) is 0 Å². The molecular weight excluding hydrogens is 234 g/mol. The molecule has 0 bridgehead atoms. The monoisotopic (exact) mass is 255 g/mol. The van der Waals surface area contributed by atoms with Crippen LogP contribution in [0.2, 0.25) is 0 Å². The molecule has 2 nitrogen and oxygen atoms in total. The molecule has 0 aliphatic rings. The van der Waals surface area contributed by atoms with Crippen molar-refractivity contribution in [2.24, 2.45) is 0 Å². The minimum absolute atomic E-state index is 0.386. The average Bonchev–Trinajstić information content (AvgIpc) is 2.45. The van der Waals surface area contributed by atoms with Gasteiger partial charge in [0.05, 0.1) is 0 Å². The lowest BCUT2D eigenvalue weighted by Gasteiger charge is -2.16. The van der Waals surface area contributed by atoms with Gasteiger partial charge >= 0.3 is 0 Å². The first-order chi connectivity index (χ1) is 9.09. The predicted octanol–water partition coefficient (Wildman–Crippen LogP) is 4.22. The highest BCUT2D eigenvalue weighted by Crippen LogP contribution is 2.28. The van der Waals surface area contributed by atoms with E-state index >= 15 is 0 Å². The number of hydrogen-bond acceptors (Lipinski definition) is 2. The van der Waals surface area contributed by atoms with Crippen LogP contribution in [-0.4, -0.2) is 11.7 Å². The van der Waals surface area contributed by atoms with Gasteiger partial charge in [-0.2, -0.15) is 0 Å². The Morgan fingerprint density at radius 3 is 2.42 bits per heavy atom. The summed E-state index contributed by atoms with van der Waals surface area (Å²) < 4.78 is 0. The maximum Gasteiger partial charge on any atom is 0.123 e. The van der Waals surface area contributed by atoms with Crippen LogP contribution in [0, 0.1) is 13.8 Å². The van der Waals surface area contributed by atoms with Crippen LogP contribution in [0.1, 0.15) is 29.5 Å². The second-order valence-corrected chi connectivity index (χ2v) is 5.10. The molecule has 0 saturated carbocycles. The fraction of sp³-hybridized carbons (Fsp3) is 0.294. The molecule has 2 aromatic carbocycles. The van der Waals surface area contributed by atoms with E-state index in [4.69, 9.17) is 0 Å². The quantitative estimate of drug-likeness (QED) is 0.857. The Balaban J connectivity index is 2.05. The van der Waals surface area contributed by atoms with Gasteiger partial charge in [-0.25, -0.2) is 0 Å². The first-order valence-electron chi connectivity index (χ1n) is 6.67. The van der Waals surface area contributed by atoms with Crippen molar-refractivity contribution in [3.8, 4) is 5.75 Å². The molecule has 0 heterocycles. The molecule has 0 aromatic heterocycles. The summed E-state index contributed by atoms with van der Waals surface area (Å²) in [6.45, 7) is 6.91. The number of phenols is 1. The fourth-order valence-corrected chi connectivity index (χ4v) is 2.19. The van der Waals surface area contributed by atoms with Crippen LogP contribution in [-0.2, 0) is 0 Å². The number of benzene rings is 2. The van der Waals surface area contributed by atoms with Crippen molar-refractivity contribution in [3.05, 3.63) is 59.2 Å². The van der Waals surface area contributed by atoms with E-state index in [-0.39, 0.29) is 0 Å². The van der Waals surface area contributed by atoms with Crippen molar-refractivity contribution in [2.45, 2.75) is 26.7 Å². The third-order valence-electron chi connectivity index (χ3n) is 3.60. The normalized spacial score (nSPS) is 12.2. The second kappa shape index (κ2) is 5.79. The average molecular weight is 255 g/mol. The van der Waals surface area contributed by atoms with Crippen LogP contribution in [0.5, 0.6) is 5.75 Å². The first kappa shape index (κ1) is 13.5. The molecule has 1 unspecified atom stereocenters. The van der Waals surface area contributed by atoms with E-state index in [1.165, 1.54) is 5.56 Å². The lowest BCUT2D eigenvalue weighted by atomic mass is 10.0. The summed E-state index contributed by atoms with van der Waals surface area (Å²) in [6.07, 6.45) is 0. The largest absolute Gasteiger partial charge is 0.507 e. The Bertz CT molecular complexity index is 549. The van der Waals surface area contributed by atoms with E-state index in [1.807, 2.05) is 32.0 Å². The topological polar surface area (TPSA) is 32.3 Å². The van der Waals surface area contributed by atoms with Crippen LogP contribution in [0.15, 0.2) is 42.5 Å². The summed E-state index contributed by atoms with van der Waals surface area (Å²) in [5.41, 5.74) is 4.16. The highest BCUT2D eigenvalue weighted by Gasteiger charge is 2.08. The zero-order valence-electron chi connectivity index (χ0n) is 11.8. The van der Waals surface area contributed by atoms with Gasteiger partial charge in [0.1, 0.15) is 5.75 Å². The molecule has 100 valence electrons. The second-order valence-electron chi connectivity index (χ2n) is 5.10. The van der Waals surface area contributed by atoms with E-state index in [2.05, 4.69) is 36.5 Å². The van der Waals surface area contributed by atoms with E-state index < -0.39 is 0 Å². The minimum atomic E-state index is 0.386. The van der Waals surface area contributed by atoms with Crippen molar-refractivity contribution in [1.29, 1.82) is 0 Å². The molecule has 0 fully saturated rings. The minimum Gasteiger partial charge on any atom is -0.507 e. The van der Waals surface area contributed by atoms with Gasteiger partial charge in [0.15, 0.2) is 0 Å². The fourth-order valence-electron chi connectivity index (χ4n) is 2.19. The molecule has 0 amide bonds. The van der Waals surface area contributed by atoms with E-state index in [0.717, 1.165) is 23.4 Å². The number of aryl methyl sites for hydroxylation is 1. The Morgan fingerprint density at radius 2 is 1.74 bits per heavy atom. The van der Waals surface area contributed by atoms with Crippen molar-refractivity contribution >= 4 is 5.69 Å². The van der Waals surface area contributed by atoms with Crippen LogP contribution in [0.4, 0.5) is 5.69 Å². The highest BCUT2D eigenvalue weighted by atomic mass is 16.3. The molecular formula is C17H21NO. The predicted molar refractivity (Wildman–Crippen MR) is 80.9 cm³/mol. The van der Waals surface area contributed by atoms with Gasteiger partial charge in [-0.15, -0.1) is 0 Å². The van der Waals surface area contributed by atoms with Crippen LogP contribution < -0.4 is 5.32 Å². The van der Waals surface area contributed by atoms with Gasteiger partial charge in [-0.05, 0) is 37.0 Å². The molecule has 2 heteroatoms. The van der Waals surface area contributed by atoms with Crippen molar-refractivity contribution in [1.82, 2.24) is 0 Å². The number of phenolic OH excluding ortho intramolecular Hbond substituents is 1. The number of aromatic hydroxyl groups is 1. The molecule has 0 aliphatic heterocycles. The SMILES string of the molecule is Cc1ccc(NCC(C)c2ccccc2)c(C)c1O. The van der Waals surface area contributed by atoms with Gasteiger partial charge in [0.25, 0.3) is 0 Å². The number of anilines is 1. The number of hydrogen-bond donors (Lipinski definition) is 2. The van der Waals surface area contributed by atoms with Gasteiger partial charge in [-0.3, -0.25) is 0 Å². The molecule has 0 aliphatic carbocycles. The Morgan fingerprint density at radius 1 is 1.05 bits per heavy atom. The summed E-state index contributed by atoms with van der Waals surface area (Å²) in [7, 11) is 0. The Labute approximate surface area is 115 Å². The van der Waals surface area contributed by atoms with Crippen LogP contribution in [0.3, 0.4) is 0 Å². The summed E-state index contributed by atoms with van der Waals surface area (Å²) in [5.74, 6) is 0.821. The maximum atomic E-state index is 9.93. The number of rotatable bonds is 4. The van der Waals surface area contributed by atoms with E-state index in [9.17, 15) is 5.11 Å². The summed E-state index contributed by atoms with van der Waals surface area (Å²) in [5, 5.41) is 13.3. The zero-order chi connectivity index (χ0) is 13.8. The summed E-state index contributed by atoms with van der Waals surface area (Å²) in [4.78, 5) is 0. The van der Waals surface area contributed by atoms with Crippen molar-refractivity contribution in [2.75, 3.05) is 11.9 Å². The highest BCUT2D eigenvalue weighted by molar-refractivity contribution is 5.59. The molecule has 0 radical (unpaired) electrons. The van der Waals surface area contributed by atoms with Crippen LogP contribution >= 0.6 is 0 Å². The first-order valence-corrected chi connectivity index (χ1v) is 6.67. The van der Waals surface area contributed by atoms with Crippen LogP contribution in [0.25, 0.3) is 0 Å². The Hall–Kier alpha value is -1.96. The van der Waals surface area contributed by atoms with E-state index in [0.29, 0.717) is 11.7 Å². The molecule has 2 N–H and O–H groups in total. The molecule has 2 aromatic rings. The van der Waals surface area contributed by atoms with Gasteiger partial charge in [-0.1, -0.05) is 43.3 Å².